The molecule has 3 heterocycles. The Labute approximate surface area is 449 Å². The summed E-state index contributed by atoms with van der Waals surface area (Å²) in [6.07, 6.45) is -11.1. The number of hydrogen-bond donors (Lipinski definition) is 7. The first-order chi connectivity index (χ1) is 36.9. The number of piperazine rings is 1. The van der Waals surface area contributed by atoms with Gasteiger partial charge in [0.2, 0.25) is 5.91 Å². The Morgan fingerprint density at radius 2 is 1.34 bits per heavy atom. The Hall–Kier alpha value is -7.18. The van der Waals surface area contributed by atoms with Crippen LogP contribution in [0.3, 0.4) is 0 Å². The second-order valence-corrected chi connectivity index (χ2v) is 19.9. The summed E-state index contributed by atoms with van der Waals surface area (Å²) in [6, 6.07) is 5.01. The van der Waals surface area contributed by atoms with Gasteiger partial charge in [-0.3, -0.25) is 19.9 Å². The van der Waals surface area contributed by atoms with Crippen LogP contribution in [0.5, 0.6) is 0 Å². The van der Waals surface area contributed by atoms with Crippen molar-refractivity contribution in [2.24, 2.45) is 10.8 Å². The maximum atomic E-state index is 16.0. The predicted octanol–water partition coefficient (Wildman–Crippen LogP) is 6.78. The number of anilines is 1. The number of alkyl halides is 8. The summed E-state index contributed by atoms with van der Waals surface area (Å²) in [5.74, 6) is 0.625. The number of carbonyl (C=O) groups excluding carboxylic acids is 4. The number of hydrogen-bond acceptors (Lipinski definition) is 13. The normalized spacial score (nSPS) is 17.7. The fourth-order valence-electron chi connectivity index (χ4n) is 9.04. The number of aromatic nitrogens is 1. The van der Waals surface area contributed by atoms with Crippen molar-refractivity contribution in [2.75, 3.05) is 45.3 Å². The Bertz CT molecular complexity index is 2700. The molecule has 2 bridgehead atoms. The lowest BCUT2D eigenvalue weighted by Crippen LogP contribution is -2.63. The van der Waals surface area contributed by atoms with Crippen molar-refractivity contribution in [1.82, 2.24) is 41.6 Å². The predicted molar refractivity (Wildman–Crippen MR) is 269 cm³/mol. The number of halogens is 10. The highest BCUT2D eigenvalue weighted by Crippen LogP contribution is 2.42. The number of benzene rings is 2. The molecule has 432 valence electrons. The lowest BCUT2D eigenvalue weighted by Gasteiger charge is -2.41. The smallest absolute Gasteiger partial charge is 0.407 e. The molecule has 0 radical (unpaired) electrons. The van der Waals surface area contributed by atoms with E-state index in [9.17, 15) is 59.4 Å². The number of fused-ring (bicyclic) bond motifs is 2. The summed E-state index contributed by atoms with van der Waals surface area (Å²) >= 11 is 0. The van der Waals surface area contributed by atoms with E-state index in [0.717, 1.165) is 52.5 Å². The fraction of sp³-hybridized carbons (Fsp3) is 0.500. The van der Waals surface area contributed by atoms with Crippen LogP contribution in [0.4, 0.5) is 59.3 Å². The first kappa shape index (κ1) is 62.7. The molecule has 3 aromatic rings. The second kappa shape index (κ2) is 26.2. The number of methoxy groups -OCH3 is 2. The summed E-state index contributed by atoms with van der Waals surface area (Å²) in [7, 11) is 1.59. The van der Waals surface area contributed by atoms with Crippen molar-refractivity contribution < 1.29 is 77.7 Å². The topological polar surface area (TPSA) is 214 Å². The van der Waals surface area contributed by atoms with Crippen LogP contribution in [0.15, 0.2) is 60.9 Å². The SMILES string of the molecule is CCN1C2CCC1CN(c1ccc(C#Cc3ccc(C[C@H](NC(=O)C(NC(=O)OC)C(C)(C)C(F)(F)F)[C@@H](O)CN(Cc4c(F)cc(/C(C=N)=C/NC(F)F)cc4F)NC(=O)[C@@H](NC(=O)OC)C(C)(C)C(F)(F)F)cc3)cn1)C2. The molecular weight excluding hydrogens is 1070 g/mol. The Morgan fingerprint density at radius 3 is 1.81 bits per heavy atom. The molecule has 2 fully saturated rings. The number of alkyl carbamates (subject to hydrolysis) is 2. The third-order valence-corrected chi connectivity index (χ3v) is 14.0. The summed E-state index contributed by atoms with van der Waals surface area (Å²) < 4.78 is 154. The lowest BCUT2D eigenvalue weighted by atomic mass is 9.82. The highest BCUT2D eigenvalue weighted by Gasteiger charge is 2.57. The molecule has 79 heavy (non-hydrogen) atoms. The zero-order valence-electron chi connectivity index (χ0n) is 44.0. The minimum absolute atomic E-state index is 0.263. The molecule has 17 nitrogen and oxygen atoms in total. The number of pyridine rings is 1. The largest absolute Gasteiger partial charge is 0.453 e. The Kier molecular flexibility index (Phi) is 20.8. The average Bonchev–Trinajstić information content (AvgIpc) is 3.65. The number of carbonyl (C=O) groups is 4. The average molecular weight is 1130 g/mol. The summed E-state index contributed by atoms with van der Waals surface area (Å²) in [4.78, 5) is 62.2. The van der Waals surface area contributed by atoms with E-state index in [0.29, 0.717) is 80.5 Å². The molecule has 2 aromatic carbocycles. The number of likely N-dealkylation sites (N-methyl/N-ethyl adjacent to an activating group) is 1. The number of aliphatic hydroxyl groups is 1. The molecule has 5 rings (SSSR count). The summed E-state index contributed by atoms with van der Waals surface area (Å²) in [6.45, 7) is 1.61. The van der Waals surface area contributed by atoms with Crippen LogP contribution in [0.2, 0.25) is 0 Å². The van der Waals surface area contributed by atoms with Crippen LogP contribution in [0.1, 0.15) is 75.3 Å². The highest BCUT2D eigenvalue weighted by atomic mass is 19.4. The number of nitrogens with zero attached hydrogens (tertiary/aromatic N) is 4. The molecule has 0 aliphatic carbocycles. The minimum Gasteiger partial charge on any atom is -0.453 e. The number of nitrogens with one attached hydrogen (secondary N) is 6. The second-order valence-electron chi connectivity index (χ2n) is 19.9. The van der Waals surface area contributed by atoms with Gasteiger partial charge in [0, 0.05) is 79.1 Å². The molecule has 6 atom stereocenters. The van der Waals surface area contributed by atoms with Crippen molar-refractivity contribution in [2.45, 2.75) is 116 Å². The van der Waals surface area contributed by atoms with Gasteiger partial charge in [0.15, 0.2) is 0 Å². The van der Waals surface area contributed by atoms with Gasteiger partial charge >= 0.3 is 31.1 Å². The van der Waals surface area contributed by atoms with Gasteiger partial charge < -0.3 is 46.2 Å². The van der Waals surface area contributed by atoms with E-state index in [1.165, 1.54) is 24.3 Å². The van der Waals surface area contributed by atoms with Crippen molar-refractivity contribution >= 4 is 41.6 Å². The number of rotatable bonds is 21. The van der Waals surface area contributed by atoms with Crippen molar-refractivity contribution in [3.05, 3.63) is 100 Å². The van der Waals surface area contributed by atoms with E-state index in [2.05, 4.69) is 48.3 Å². The molecule has 3 unspecified atom stereocenters. The Balaban J connectivity index is 1.52. The van der Waals surface area contributed by atoms with E-state index in [4.69, 9.17) is 5.41 Å². The molecule has 1 aromatic heterocycles. The first-order valence-electron chi connectivity index (χ1n) is 24.6. The fourth-order valence-corrected chi connectivity index (χ4v) is 9.04. The van der Waals surface area contributed by atoms with E-state index in [1.807, 2.05) is 22.9 Å². The molecule has 0 saturated carbocycles. The zero-order chi connectivity index (χ0) is 58.8. The molecular formula is C52H62F10N10O7. The monoisotopic (exact) mass is 1130 g/mol. The molecule has 2 aliphatic heterocycles. The van der Waals surface area contributed by atoms with Gasteiger partial charge in [0.1, 0.15) is 29.5 Å². The number of allylic oxidation sites excluding steroid dienone is 1. The van der Waals surface area contributed by atoms with Crippen LogP contribution in [-0.4, -0.2) is 146 Å². The van der Waals surface area contributed by atoms with Crippen molar-refractivity contribution in [1.29, 1.82) is 5.41 Å². The maximum Gasteiger partial charge on any atom is 0.407 e. The minimum atomic E-state index is -5.24. The standard InChI is InChI=1S/C52H62F10N10O7/c1-8-72-34-16-17-35(72)26-70(25-34)41-18-15-31(23-64-41)14-11-29-9-12-30(13-10-29)19-39(66-44(74)42(67-47(76)78-6)49(2,3)51(57,58)59)40(73)28-71(69-45(75)43(68-48(77)79-7)50(4,5)52(60,61)62)27-36-37(53)20-32(21-38(36)54)33(22-63)24-65-46(55)56/h9-10,12-13,15,18,20-24,34-35,39-40,42-43,46,63,65,73H,8,16-17,19,25-28H2,1-7H3,(H,66,74)(H,67,76)(H,68,77)(H,69,75)/b33-24+,63-22?/t34?,35?,39-,40-,42?,43+/m0/s1. The van der Waals surface area contributed by atoms with E-state index < -0.39 is 126 Å². The van der Waals surface area contributed by atoms with E-state index in [1.54, 1.807) is 16.8 Å². The van der Waals surface area contributed by atoms with Crippen LogP contribution >= 0.6 is 0 Å². The quantitative estimate of drug-likeness (QED) is 0.0193. The number of aliphatic hydroxyl groups excluding tert-OH is 1. The van der Waals surface area contributed by atoms with Gasteiger partial charge in [0.05, 0.1) is 37.2 Å². The van der Waals surface area contributed by atoms with Gasteiger partial charge in [0.25, 0.3) is 5.91 Å². The molecule has 27 heteroatoms. The number of hydrazine groups is 1. The summed E-state index contributed by atoms with van der Waals surface area (Å²) in [5.41, 5.74) is -4.75. The van der Waals surface area contributed by atoms with Gasteiger partial charge in [-0.15, -0.1) is 0 Å². The molecule has 0 spiro atoms. The van der Waals surface area contributed by atoms with Crippen LogP contribution in [0.25, 0.3) is 5.57 Å². The van der Waals surface area contributed by atoms with Gasteiger partial charge in [-0.1, -0.05) is 30.9 Å². The molecule has 4 amide bonds. The molecule has 7 N–H and O–H groups in total. The van der Waals surface area contributed by atoms with Gasteiger partial charge in [-0.25, -0.2) is 28.4 Å². The van der Waals surface area contributed by atoms with Crippen LogP contribution < -0.4 is 31.6 Å². The third kappa shape index (κ3) is 15.8. The highest BCUT2D eigenvalue weighted by molar-refractivity contribution is 6.08. The van der Waals surface area contributed by atoms with E-state index in [-0.39, 0.29) is 5.56 Å². The van der Waals surface area contributed by atoms with Crippen LogP contribution in [0, 0.1) is 39.7 Å². The van der Waals surface area contributed by atoms with Gasteiger partial charge in [-0.2, -0.15) is 35.1 Å². The number of amides is 4. The first-order valence-corrected chi connectivity index (χ1v) is 24.6. The zero-order valence-corrected chi connectivity index (χ0v) is 44.0. The van der Waals surface area contributed by atoms with Gasteiger partial charge in [-0.05, 0) is 101 Å². The van der Waals surface area contributed by atoms with Crippen molar-refractivity contribution in [3.8, 4) is 11.8 Å². The van der Waals surface area contributed by atoms with Crippen LogP contribution in [-0.2, 0) is 32.0 Å². The summed E-state index contributed by atoms with van der Waals surface area (Å²) in [5, 5.41) is 27.5. The Morgan fingerprint density at radius 1 is 0.823 bits per heavy atom. The third-order valence-electron chi connectivity index (χ3n) is 14.0. The molecule has 2 aliphatic rings. The molecule has 2 saturated heterocycles. The maximum absolute atomic E-state index is 16.0. The lowest BCUT2D eigenvalue weighted by molar-refractivity contribution is -0.221. The number of ether oxygens (including phenoxy) is 2. The van der Waals surface area contributed by atoms with E-state index >= 15 is 8.78 Å². The van der Waals surface area contributed by atoms with Crippen molar-refractivity contribution in [3.63, 3.8) is 0 Å².